The van der Waals surface area contributed by atoms with Gasteiger partial charge in [0.1, 0.15) is 0 Å². The summed E-state index contributed by atoms with van der Waals surface area (Å²) in [5.74, 6) is 0. The molecule has 0 aromatic heterocycles. The Bertz CT molecular complexity index is 56.0. The molecule has 0 aromatic carbocycles. The van der Waals surface area contributed by atoms with Gasteiger partial charge in [-0.05, 0) is 6.92 Å². The molecule has 0 unspecified atom stereocenters. The van der Waals surface area contributed by atoms with Crippen molar-refractivity contribution >= 4 is 12.8 Å². The van der Waals surface area contributed by atoms with Crippen molar-refractivity contribution in [3.8, 4) is 0 Å². The SMILES string of the molecule is CCNC=O.NC=O. The van der Waals surface area contributed by atoms with Gasteiger partial charge in [-0.25, -0.2) is 0 Å². The zero-order valence-corrected chi connectivity index (χ0v) is 4.76. The van der Waals surface area contributed by atoms with Gasteiger partial charge in [-0.2, -0.15) is 0 Å². The van der Waals surface area contributed by atoms with Crippen LogP contribution in [0.5, 0.6) is 0 Å². The second kappa shape index (κ2) is 16.8. The molecule has 0 saturated heterocycles. The summed E-state index contributed by atoms with van der Waals surface area (Å²) in [5, 5.41) is 2.43. The number of carbonyl (C=O) groups is 2. The molecular weight excluding hydrogens is 108 g/mol. The van der Waals surface area contributed by atoms with Crippen molar-refractivity contribution in [2.24, 2.45) is 5.73 Å². The number of carbonyl (C=O) groups excluding carboxylic acids is 2. The molecule has 2 amide bonds. The molecule has 0 saturated carbocycles. The van der Waals surface area contributed by atoms with Gasteiger partial charge in [-0.15, -0.1) is 0 Å². The minimum atomic E-state index is 0.250. The molecule has 0 aliphatic rings. The van der Waals surface area contributed by atoms with E-state index in [1.165, 1.54) is 0 Å². The van der Waals surface area contributed by atoms with Gasteiger partial charge in [0.15, 0.2) is 0 Å². The summed E-state index contributed by atoms with van der Waals surface area (Å²) in [6, 6.07) is 0. The molecule has 0 aliphatic heterocycles. The van der Waals surface area contributed by atoms with Gasteiger partial charge in [0, 0.05) is 6.54 Å². The molecular formula is C4H10N2O2. The standard InChI is InChI=1S/C3H7NO.CH3NO/c1-2-4-3-5;2-1-3/h3H,2H2,1H3,(H,4,5);1H,(H2,2,3). The van der Waals surface area contributed by atoms with Crippen LogP contribution in [0.15, 0.2) is 0 Å². The highest BCUT2D eigenvalue weighted by molar-refractivity contribution is 5.45. The number of hydrogen-bond acceptors (Lipinski definition) is 2. The first-order valence-electron chi connectivity index (χ1n) is 2.15. The van der Waals surface area contributed by atoms with Crippen molar-refractivity contribution < 1.29 is 9.59 Å². The van der Waals surface area contributed by atoms with E-state index in [-0.39, 0.29) is 6.41 Å². The molecule has 4 nitrogen and oxygen atoms in total. The normalized spacial score (nSPS) is 5.62. The molecule has 0 atom stereocenters. The van der Waals surface area contributed by atoms with Crippen LogP contribution in [-0.2, 0) is 9.59 Å². The van der Waals surface area contributed by atoms with Gasteiger partial charge in [0.05, 0.1) is 0 Å². The van der Waals surface area contributed by atoms with Crippen molar-refractivity contribution in [1.82, 2.24) is 5.32 Å². The van der Waals surface area contributed by atoms with Gasteiger partial charge >= 0.3 is 0 Å². The van der Waals surface area contributed by atoms with Crippen molar-refractivity contribution in [3.05, 3.63) is 0 Å². The average molecular weight is 118 g/mol. The van der Waals surface area contributed by atoms with Crippen LogP contribution < -0.4 is 11.1 Å². The molecule has 0 radical (unpaired) electrons. The molecule has 4 heteroatoms. The minimum absolute atomic E-state index is 0.250. The largest absolute Gasteiger partial charge is 0.372 e. The number of amides is 2. The van der Waals surface area contributed by atoms with E-state index < -0.39 is 0 Å². The van der Waals surface area contributed by atoms with Gasteiger partial charge in [0.25, 0.3) is 0 Å². The molecule has 48 valence electrons. The van der Waals surface area contributed by atoms with Crippen LogP contribution in [0.25, 0.3) is 0 Å². The van der Waals surface area contributed by atoms with E-state index in [0.717, 1.165) is 6.54 Å². The summed E-state index contributed by atoms with van der Waals surface area (Å²) >= 11 is 0. The second-order valence-corrected chi connectivity index (χ2v) is 0.812. The Balaban J connectivity index is 0. The summed E-state index contributed by atoms with van der Waals surface area (Å²) in [7, 11) is 0. The molecule has 8 heavy (non-hydrogen) atoms. The predicted octanol–water partition coefficient (Wildman–Crippen LogP) is -1.15. The fraction of sp³-hybridized carbons (Fsp3) is 0.500. The first-order valence-corrected chi connectivity index (χ1v) is 2.15. The Labute approximate surface area is 48.1 Å². The molecule has 0 aromatic rings. The Hall–Kier alpha value is -1.06. The molecule has 0 fully saturated rings. The smallest absolute Gasteiger partial charge is 0.207 e. The van der Waals surface area contributed by atoms with Crippen molar-refractivity contribution in [2.45, 2.75) is 6.92 Å². The van der Waals surface area contributed by atoms with Crippen molar-refractivity contribution in [3.63, 3.8) is 0 Å². The lowest BCUT2D eigenvalue weighted by Crippen LogP contribution is -2.07. The highest BCUT2D eigenvalue weighted by atomic mass is 16.1. The second-order valence-electron chi connectivity index (χ2n) is 0.812. The fourth-order valence-corrected chi connectivity index (χ4v) is 0.0833. The maximum Gasteiger partial charge on any atom is 0.207 e. The molecule has 3 N–H and O–H groups in total. The summed E-state index contributed by atoms with van der Waals surface area (Å²) in [6.45, 7) is 2.60. The maximum absolute atomic E-state index is 9.29. The Morgan fingerprint density at radius 1 is 1.62 bits per heavy atom. The first kappa shape index (κ1) is 10.0. The number of hydrogen-bond donors (Lipinski definition) is 2. The Morgan fingerprint density at radius 3 is 2.00 bits per heavy atom. The van der Waals surface area contributed by atoms with E-state index >= 15 is 0 Å². The molecule has 0 spiro atoms. The third-order valence-corrected chi connectivity index (χ3v) is 0.287. The van der Waals surface area contributed by atoms with Crippen LogP contribution in [0.4, 0.5) is 0 Å². The van der Waals surface area contributed by atoms with Crippen molar-refractivity contribution in [2.75, 3.05) is 6.54 Å². The van der Waals surface area contributed by atoms with E-state index in [4.69, 9.17) is 4.79 Å². The third kappa shape index (κ3) is 86.8. The monoisotopic (exact) mass is 118 g/mol. The fourth-order valence-electron chi connectivity index (χ4n) is 0.0833. The highest BCUT2D eigenvalue weighted by Crippen LogP contribution is 1.37. The predicted molar refractivity (Wildman–Crippen MR) is 30.0 cm³/mol. The van der Waals surface area contributed by atoms with E-state index in [2.05, 4.69) is 11.1 Å². The van der Waals surface area contributed by atoms with Crippen LogP contribution in [0.2, 0.25) is 0 Å². The summed E-state index contributed by atoms with van der Waals surface area (Å²) in [5.41, 5.74) is 4.17. The number of rotatable bonds is 2. The Morgan fingerprint density at radius 2 is 2.00 bits per heavy atom. The molecule has 0 rings (SSSR count). The topological polar surface area (TPSA) is 72.2 Å². The van der Waals surface area contributed by atoms with Crippen LogP contribution in [0.1, 0.15) is 6.92 Å². The first-order chi connectivity index (χ1) is 3.83. The van der Waals surface area contributed by atoms with E-state index in [1.54, 1.807) is 0 Å². The van der Waals surface area contributed by atoms with E-state index in [9.17, 15) is 4.79 Å². The van der Waals surface area contributed by atoms with Crippen LogP contribution in [0, 0.1) is 0 Å². The van der Waals surface area contributed by atoms with Crippen LogP contribution in [-0.4, -0.2) is 19.4 Å². The van der Waals surface area contributed by atoms with Gasteiger partial charge < -0.3 is 11.1 Å². The summed E-state index contributed by atoms with van der Waals surface area (Å²) < 4.78 is 0. The summed E-state index contributed by atoms with van der Waals surface area (Å²) in [6.07, 6.45) is 0.931. The lowest BCUT2D eigenvalue weighted by molar-refractivity contribution is -0.109. The Kier molecular flexibility index (Phi) is 21.0. The lowest BCUT2D eigenvalue weighted by atomic mass is 10.8. The van der Waals surface area contributed by atoms with Gasteiger partial charge in [0.2, 0.25) is 12.8 Å². The third-order valence-electron chi connectivity index (χ3n) is 0.287. The molecule has 0 aliphatic carbocycles. The van der Waals surface area contributed by atoms with Gasteiger partial charge in [-0.1, -0.05) is 0 Å². The van der Waals surface area contributed by atoms with Gasteiger partial charge in [-0.3, -0.25) is 9.59 Å². The number of nitrogens with two attached hydrogens (primary N) is 1. The lowest BCUT2D eigenvalue weighted by Gasteiger charge is -1.78. The highest BCUT2D eigenvalue weighted by Gasteiger charge is 1.59. The van der Waals surface area contributed by atoms with Crippen LogP contribution >= 0.6 is 0 Å². The van der Waals surface area contributed by atoms with Crippen LogP contribution in [0.3, 0.4) is 0 Å². The molecule has 0 bridgehead atoms. The zero-order valence-electron chi connectivity index (χ0n) is 4.76. The van der Waals surface area contributed by atoms with E-state index in [1.807, 2.05) is 6.92 Å². The quantitative estimate of drug-likeness (QED) is 0.449. The maximum atomic E-state index is 9.29. The number of primary amides is 1. The molecule has 0 heterocycles. The summed E-state index contributed by atoms with van der Waals surface area (Å²) in [4.78, 5) is 17.9. The average Bonchev–Trinajstić information content (AvgIpc) is 1.71. The number of nitrogens with one attached hydrogen (secondary N) is 1. The zero-order chi connectivity index (χ0) is 6.83. The minimum Gasteiger partial charge on any atom is -0.372 e. The van der Waals surface area contributed by atoms with Crippen molar-refractivity contribution in [1.29, 1.82) is 0 Å². The van der Waals surface area contributed by atoms with E-state index in [0.29, 0.717) is 6.41 Å².